The van der Waals surface area contributed by atoms with Gasteiger partial charge in [0.05, 0.1) is 62.8 Å². The lowest BCUT2D eigenvalue weighted by Gasteiger charge is -2.22. The Morgan fingerprint density at radius 3 is 1.63 bits per heavy atom. The Morgan fingerprint density at radius 2 is 1.06 bits per heavy atom. The molecule has 5 heterocycles. The van der Waals surface area contributed by atoms with Gasteiger partial charge in [-0.15, -0.1) is 34.0 Å². The highest BCUT2D eigenvalue weighted by atomic mass is 32.1. The number of fused-ring (bicyclic) bond motifs is 1. The minimum Gasteiger partial charge on any atom is -0.493 e. The first-order valence-electron chi connectivity index (χ1n) is 28.0. The van der Waals surface area contributed by atoms with Gasteiger partial charge in [-0.3, -0.25) is 4.98 Å². The monoisotopic (exact) mass is 1140 g/mol. The molecule has 15 heteroatoms. The molecule has 1 spiro atoms. The van der Waals surface area contributed by atoms with Gasteiger partial charge in [-0.05, 0) is 157 Å². The molecule has 3 aliphatic carbocycles. The molecule has 4 aromatic heterocycles. The zero-order valence-corrected chi connectivity index (χ0v) is 48.6. The fraction of sp³-hybridized carbons (Fsp3) is 0.318. The molecular formula is C66H66N4O8S3. The van der Waals surface area contributed by atoms with Gasteiger partial charge in [0.25, 0.3) is 0 Å². The molecular weight excluding hydrogens is 1070 g/mol. The smallest absolute Gasteiger partial charge is 0.338 e. The third-order valence-electron chi connectivity index (χ3n) is 15.2. The van der Waals surface area contributed by atoms with Crippen molar-refractivity contribution in [3.05, 3.63) is 155 Å². The third kappa shape index (κ3) is 13.0. The lowest BCUT2D eigenvalue weighted by atomic mass is 9.93. The van der Waals surface area contributed by atoms with Crippen molar-refractivity contribution in [3.63, 3.8) is 0 Å². The van der Waals surface area contributed by atoms with Crippen LogP contribution in [0, 0.1) is 0 Å². The number of hydrogen-bond donors (Lipinski definition) is 0. The Kier molecular flexibility index (Phi) is 17.7. The van der Waals surface area contributed by atoms with E-state index in [0.717, 1.165) is 139 Å². The van der Waals surface area contributed by atoms with Gasteiger partial charge in [-0.1, -0.05) is 42.5 Å². The van der Waals surface area contributed by atoms with Crippen LogP contribution in [0.25, 0.3) is 65.5 Å². The number of carbonyl (C=O) groups excluding carboxylic acids is 1. The molecule has 416 valence electrons. The van der Waals surface area contributed by atoms with Gasteiger partial charge in [0.15, 0.2) is 34.5 Å². The first-order valence-corrected chi connectivity index (χ1v) is 30.6. The molecule has 13 rings (SSSR count). The van der Waals surface area contributed by atoms with Gasteiger partial charge < -0.3 is 33.2 Å². The van der Waals surface area contributed by atoms with E-state index in [1.54, 1.807) is 80.7 Å². The molecule has 0 bridgehead atoms. The Hall–Kier alpha value is -7.59. The minimum atomic E-state index is -0.321. The maximum atomic E-state index is 12.0. The number of ether oxygens (including phenoxy) is 7. The van der Waals surface area contributed by atoms with Gasteiger partial charge in [-0.25, -0.2) is 19.7 Å². The van der Waals surface area contributed by atoms with Crippen LogP contribution in [-0.4, -0.2) is 71.7 Å². The van der Waals surface area contributed by atoms with Crippen LogP contribution in [0.3, 0.4) is 0 Å². The lowest BCUT2D eigenvalue weighted by molar-refractivity contribution is 0.0526. The number of benzene rings is 5. The Balaban J connectivity index is 0.000000128. The van der Waals surface area contributed by atoms with E-state index in [-0.39, 0.29) is 17.7 Å². The Bertz CT molecular complexity index is 3550. The molecule has 0 unspecified atom stereocenters. The molecule has 5 aromatic carbocycles. The maximum Gasteiger partial charge on any atom is 0.338 e. The number of carbonyl (C=O) groups is 1. The molecule has 0 amide bonds. The van der Waals surface area contributed by atoms with Crippen LogP contribution in [0.15, 0.2) is 144 Å². The summed E-state index contributed by atoms with van der Waals surface area (Å²) in [6, 6.07) is 37.8. The Morgan fingerprint density at radius 1 is 0.543 bits per heavy atom. The molecule has 0 radical (unpaired) electrons. The second-order valence-corrected chi connectivity index (χ2v) is 23.2. The van der Waals surface area contributed by atoms with Gasteiger partial charge in [0.2, 0.25) is 0 Å². The molecule has 4 aliphatic rings. The number of methoxy groups -OCH3 is 3. The standard InChI is InChI=1S/C24H25NO4S.C21H20N2O2S.C21H21NO2S/c1-3-28-24(26)18-8-6-7-16(13-18)20-15-30-23(25-20)17-11-12-21(27-2)22(14-17)29-19-9-4-5-10-19;1-24-18-5-4-15(16-12-21(25-19(16)18)8-2-3-9-21)20-23-17(13-26-20)14-6-10-22-11-7-14;1-23-19-12-11-16(13-20(19)24-17-9-5-6-10-17)21-22-18(14-25-21)15-7-3-2-4-8-15/h6-8,11-15,19H,3-5,9-10H2,1-2H3;4-7,10-11,13H,2-3,8-9,12H2,1H3;2-4,7-8,11-14,17H,5-6,9-10H2,1H3. The number of hydrogen-bond acceptors (Lipinski definition) is 15. The predicted octanol–water partition coefficient (Wildman–Crippen LogP) is 16.9. The van der Waals surface area contributed by atoms with Crippen molar-refractivity contribution >= 4 is 40.0 Å². The first kappa shape index (κ1) is 55.3. The number of nitrogens with zero attached hydrogens (tertiary/aromatic N) is 4. The van der Waals surface area contributed by atoms with Crippen molar-refractivity contribution in [2.75, 3.05) is 27.9 Å². The molecule has 0 N–H and O–H groups in total. The summed E-state index contributed by atoms with van der Waals surface area (Å²) >= 11 is 4.90. The van der Waals surface area contributed by atoms with Gasteiger partial charge in [0, 0.05) is 73.9 Å². The summed E-state index contributed by atoms with van der Waals surface area (Å²) in [5, 5.41) is 9.15. The number of rotatable bonds is 15. The van der Waals surface area contributed by atoms with Crippen LogP contribution in [0.1, 0.15) is 99.9 Å². The largest absolute Gasteiger partial charge is 0.493 e. The molecule has 3 fully saturated rings. The van der Waals surface area contributed by atoms with E-state index in [4.69, 9.17) is 48.1 Å². The second-order valence-electron chi connectivity index (χ2n) is 20.6. The zero-order valence-electron chi connectivity index (χ0n) is 46.2. The number of esters is 1. The van der Waals surface area contributed by atoms with Crippen LogP contribution in [-0.2, 0) is 11.2 Å². The SMILES string of the molecule is CCOC(=O)c1cccc(-c2csc(-c3ccc(OC)c(OC4CCCC4)c3)n2)c1.COc1ccc(-c2nc(-c3ccccc3)cs2)cc1OC1CCCC1.COc1ccc(-c2nc(-c3ccncc3)cs2)c2c1OC1(CCCC1)C2. The van der Waals surface area contributed by atoms with E-state index >= 15 is 0 Å². The maximum absolute atomic E-state index is 12.0. The first-order chi connectivity index (χ1) is 39.8. The van der Waals surface area contributed by atoms with E-state index in [9.17, 15) is 4.79 Å². The van der Waals surface area contributed by atoms with E-state index in [0.29, 0.717) is 18.3 Å². The average molecular weight is 1140 g/mol. The highest BCUT2D eigenvalue weighted by Crippen LogP contribution is 2.52. The van der Waals surface area contributed by atoms with Gasteiger partial charge >= 0.3 is 5.97 Å². The van der Waals surface area contributed by atoms with Crippen LogP contribution in [0.5, 0.6) is 34.5 Å². The van der Waals surface area contributed by atoms with Crippen LogP contribution >= 0.6 is 34.0 Å². The van der Waals surface area contributed by atoms with E-state index in [2.05, 4.69) is 40.0 Å². The zero-order chi connectivity index (χ0) is 55.5. The summed E-state index contributed by atoms with van der Waals surface area (Å²) in [6.07, 6.45) is 19.2. The van der Waals surface area contributed by atoms with Crippen LogP contribution < -0.4 is 28.4 Å². The topological polar surface area (TPSA) is 133 Å². The predicted molar refractivity (Wildman–Crippen MR) is 324 cm³/mol. The lowest BCUT2D eigenvalue weighted by Crippen LogP contribution is -2.30. The summed E-state index contributed by atoms with van der Waals surface area (Å²) in [6.45, 7) is 2.15. The normalized spacial score (nSPS) is 15.2. The highest BCUT2D eigenvalue weighted by molar-refractivity contribution is 7.14. The molecule has 12 nitrogen and oxygen atoms in total. The van der Waals surface area contributed by atoms with Crippen molar-refractivity contribution in [2.24, 2.45) is 0 Å². The summed E-state index contributed by atoms with van der Waals surface area (Å²) in [5.41, 5.74) is 10.9. The average Bonchev–Trinajstić information content (AvgIpc) is 4.40. The van der Waals surface area contributed by atoms with Crippen molar-refractivity contribution in [1.29, 1.82) is 0 Å². The van der Waals surface area contributed by atoms with Crippen molar-refractivity contribution in [1.82, 2.24) is 19.9 Å². The summed E-state index contributed by atoms with van der Waals surface area (Å²) in [5.74, 6) is 4.55. The van der Waals surface area contributed by atoms with Crippen molar-refractivity contribution in [3.8, 4) is 100.0 Å². The van der Waals surface area contributed by atoms with E-state index in [1.807, 2.05) is 90.3 Å². The third-order valence-corrected chi connectivity index (χ3v) is 17.9. The molecule has 1 aliphatic heterocycles. The van der Waals surface area contributed by atoms with Crippen LogP contribution in [0.2, 0.25) is 0 Å². The van der Waals surface area contributed by atoms with Crippen molar-refractivity contribution in [2.45, 2.75) is 108 Å². The molecule has 3 saturated carbocycles. The van der Waals surface area contributed by atoms with E-state index in [1.165, 1.54) is 49.7 Å². The Labute approximate surface area is 486 Å². The highest BCUT2D eigenvalue weighted by Gasteiger charge is 2.44. The van der Waals surface area contributed by atoms with Crippen molar-refractivity contribution < 1.29 is 38.0 Å². The number of thiazole rings is 3. The quantitative estimate of drug-likeness (QED) is 0.0905. The fourth-order valence-electron chi connectivity index (χ4n) is 11.1. The summed E-state index contributed by atoms with van der Waals surface area (Å²) < 4.78 is 40.5. The van der Waals surface area contributed by atoms with Gasteiger partial charge in [-0.2, -0.15) is 0 Å². The summed E-state index contributed by atoms with van der Waals surface area (Å²) in [7, 11) is 5.06. The van der Waals surface area contributed by atoms with E-state index < -0.39 is 0 Å². The summed E-state index contributed by atoms with van der Waals surface area (Å²) in [4.78, 5) is 30.6. The minimum absolute atomic E-state index is 0.0308. The number of pyridine rings is 1. The molecule has 0 atom stereocenters. The second kappa shape index (κ2) is 25.9. The number of aromatic nitrogens is 4. The van der Waals surface area contributed by atoms with Crippen LogP contribution in [0.4, 0.5) is 0 Å². The molecule has 9 aromatic rings. The molecule has 0 saturated heterocycles. The molecule has 81 heavy (non-hydrogen) atoms. The fourth-order valence-corrected chi connectivity index (χ4v) is 13.6. The van der Waals surface area contributed by atoms with Gasteiger partial charge in [0.1, 0.15) is 20.6 Å².